The first-order chi connectivity index (χ1) is 11.0. The predicted molar refractivity (Wildman–Crippen MR) is 95.8 cm³/mol. The van der Waals surface area contributed by atoms with Crippen molar-refractivity contribution < 1.29 is 4.39 Å². The van der Waals surface area contributed by atoms with Crippen LogP contribution in [0.25, 0.3) is 21.3 Å². The topological polar surface area (TPSA) is 29.0 Å². The zero-order valence-corrected chi connectivity index (χ0v) is 14.7. The molecule has 3 rings (SSSR count). The van der Waals surface area contributed by atoms with Crippen molar-refractivity contribution in [2.24, 2.45) is 0 Å². The van der Waals surface area contributed by atoms with E-state index in [0.717, 1.165) is 46.1 Å². The Hall–Kier alpha value is -2.01. The molecule has 2 heterocycles. The van der Waals surface area contributed by atoms with E-state index >= 15 is 0 Å². The van der Waals surface area contributed by atoms with Crippen molar-refractivity contribution >= 4 is 27.4 Å². The van der Waals surface area contributed by atoms with Crippen LogP contribution in [0.1, 0.15) is 24.5 Å². The van der Waals surface area contributed by atoms with Crippen LogP contribution < -0.4 is 4.90 Å². The molecule has 23 heavy (non-hydrogen) atoms. The molecule has 0 saturated heterocycles. The third-order valence-corrected chi connectivity index (χ3v) is 5.02. The van der Waals surface area contributed by atoms with Crippen LogP contribution in [0.15, 0.2) is 24.3 Å². The predicted octanol–water partition coefficient (Wildman–Crippen LogP) is 4.96. The minimum Gasteiger partial charge on any atom is -0.357 e. The molecule has 3 nitrogen and oxygen atoms in total. The summed E-state index contributed by atoms with van der Waals surface area (Å²) in [5.41, 5.74) is 2.13. The average Bonchev–Trinajstić information content (AvgIpc) is 2.85. The molecular weight excluding hydrogens is 309 g/mol. The number of anilines is 1. The Balaban J connectivity index is 2.33. The second-order valence-electron chi connectivity index (χ2n) is 5.49. The van der Waals surface area contributed by atoms with Crippen LogP contribution in [-0.4, -0.2) is 23.1 Å². The second kappa shape index (κ2) is 6.24. The van der Waals surface area contributed by atoms with Gasteiger partial charge < -0.3 is 4.90 Å². The molecule has 0 fully saturated rings. The molecule has 0 N–H and O–H groups in total. The third-order valence-electron chi connectivity index (χ3n) is 4.02. The molecule has 0 saturated carbocycles. The largest absolute Gasteiger partial charge is 0.357 e. The quantitative estimate of drug-likeness (QED) is 0.677. The number of nitrogens with zero attached hydrogens (tertiary/aromatic N) is 3. The summed E-state index contributed by atoms with van der Waals surface area (Å²) in [5.74, 6) is 1.54. The van der Waals surface area contributed by atoms with Gasteiger partial charge in [0.15, 0.2) is 0 Å². The number of hydrogen-bond donors (Lipinski definition) is 0. The van der Waals surface area contributed by atoms with E-state index in [0.29, 0.717) is 0 Å². The lowest BCUT2D eigenvalue weighted by atomic mass is 10.0. The number of benzene rings is 1. The van der Waals surface area contributed by atoms with E-state index in [1.807, 2.05) is 19.1 Å². The van der Waals surface area contributed by atoms with Crippen molar-refractivity contribution in [3.63, 3.8) is 0 Å². The van der Waals surface area contributed by atoms with Crippen LogP contribution in [0.5, 0.6) is 0 Å². The van der Waals surface area contributed by atoms with Gasteiger partial charge in [-0.25, -0.2) is 14.4 Å². The van der Waals surface area contributed by atoms with Gasteiger partial charge in [-0.05, 0) is 45.4 Å². The summed E-state index contributed by atoms with van der Waals surface area (Å²) < 4.78 is 13.3. The van der Waals surface area contributed by atoms with Gasteiger partial charge in [0.25, 0.3) is 0 Å². The highest BCUT2D eigenvalue weighted by Gasteiger charge is 2.20. The normalized spacial score (nSPS) is 11.2. The summed E-state index contributed by atoms with van der Waals surface area (Å²) in [4.78, 5) is 13.7. The maximum Gasteiger partial charge on any atom is 0.141 e. The SMILES string of the molecule is CCN(CC)c1nc(C)nc2sc(C)c(-c3ccc(F)cc3)c12. The van der Waals surface area contributed by atoms with Crippen molar-refractivity contribution in [1.29, 1.82) is 0 Å². The lowest BCUT2D eigenvalue weighted by molar-refractivity contribution is 0.628. The Morgan fingerprint density at radius 1 is 1.04 bits per heavy atom. The molecule has 0 amide bonds. The fourth-order valence-electron chi connectivity index (χ4n) is 2.91. The molecule has 0 bridgehead atoms. The molecule has 0 aliphatic rings. The van der Waals surface area contributed by atoms with E-state index in [9.17, 15) is 4.39 Å². The van der Waals surface area contributed by atoms with Crippen LogP contribution in [0.3, 0.4) is 0 Å². The summed E-state index contributed by atoms with van der Waals surface area (Å²) in [5, 5.41) is 1.08. The first-order valence-electron chi connectivity index (χ1n) is 7.83. The fraction of sp³-hybridized carbons (Fsp3) is 0.333. The summed E-state index contributed by atoms with van der Waals surface area (Å²) in [7, 11) is 0. The van der Waals surface area contributed by atoms with Crippen molar-refractivity contribution in [3.05, 3.63) is 40.8 Å². The van der Waals surface area contributed by atoms with Crippen LogP contribution in [0.4, 0.5) is 10.2 Å². The monoisotopic (exact) mass is 329 g/mol. The Kier molecular flexibility index (Phi) is 4.31. The van der Waals surface area contributed by atoms with Crippen molar-refractivity contribution in [2.75, 3.05) is 18.0 Å². The molecule has 5 heteroatoms. The molecule has 0 atom stereocenters. The Bertz CT molecular complexity index is 836. The summed E-state index contributed by atoms with van der Waals surface area (Å²) >= 11 is 1.67. The van der Waals surface area contributed by atoms with Gasteiger partial charge in [-0.1, -0.05) is 12.1 Å². The Morgan fingerprint density at radius 2 is 1.70 bits per heavy atom. The summed E-state index contributed by atoms with van der Waals surface area (Å²) in [6, 6.07) is 6.67. The van der Waals surface area contributed by atoms with Crippen LogP contribution in [-0.2, 0) is 0 Å². The number of thiophene rings is 1. The van der Waals surface area contributed by atoms with E-state index < -0.39 is 0 Å². The van der Waals surface area contributed by atoms with Gasteiger partial charge in [0, 0.05) is 23.5 Å². The minimum atomic E-state index is -0.220. The number of hydrogen-bond acceptors (Lipinski definition) is 4. The lowest BCUT2D eigenvalue weighted by Gasteiger charge is -2.21. The maximum absolute atomic E-state index is 13.3. The zero-order valence-electron chi connectivity index (χ0n) is 13.9. The Labute approximate surface area is 139 Å². The van der Waals surface area contributed by atoms with E-state index in [1.165, 1.54) is 17.0 Å². The second-order valence-corrected chi connectivity index (χ2v) is 6.69. The van der Waals surface area contributed by atoms with Gasteiger partial charge in [-0.2, -0.15) is 0 Å². The number of fused-ring (bicyclic) bond motifs is 1. The third kappa shape index (κ3) is 2.81. The number of aryl methyl sites for hydroxylation is 2. The van der Waals surface area contributed by atoms with Crippen LogP contribution >= 0.6 is 11.3 Å². The van der Waals surface area contributed by atoms with Gasteiger partial charge in [0.2, 0.25) is 0 Å². The molecule has 0 spiro atoms. The number of aromatic nitrogens is 2. The lowest BCUT2D eigenvalue weighted by Crippen LogP contribution is -2.23. The molecule has 0 unspecified atom stereocenters. The van der Waals surface area contributed by atoms with Gasteiger partial charge >= 0.3 is 0 Å². The van der Waals surface area contributed by atoms with Gasteiger partial charge in [0.05, 0.1) is 5.39 Å². The highest BCUT2D eigenvalue weighted by atomic mass is 32.1. The first-order valence-corrected chi connectivity index (χ1v) is 8.65. The summed E-state index contributed by atoms with van der Waals surface area (Å²) in [6.45, 7) is 10.1. The number of halogens is 1. The highest BCUT2D eigenvalue weighted by molar-refractivity contribution is 7.19. The molecule has 0 radical (unpaired) electrons. The van der Waals surface area contributed by atoms with Gasteiger partial charge in [-0.3, -0.25) is 0 Å². The van der Waals surface area contributed by atoms with Crippen molar-refractivity contribution in [1.82, 2.24) is 9.97 Å². The van der Waals surface area contributed by atoms with Crippen LogP contribution in [0, 0.1) is 19.7 Å². The van der Waals surface area contributed by atoms with E-state index in [1.54, 1.807) is 11.3 Å². The molecule has 0 aliphatic carbocycles. The molecule has 3 aromatic rings. The number of rotatable bonds is 4. The standard InChI is InChI=1S/C18H20FN3S/c1-5-22(6-2)17-16-15(13-7-9-14(19)10-8-13)11(3)23-18(16)21-12(4)20-17/h7-10H,5-6H2,1-4H3. The van der Waals surface area contributed by atoms with E-state index in [2.05, 4.69) is 30.7 Å². The summed E-state index contributed by atoms with van der Waals surface area (Å²) in [6.07, 6.45) is 0. The molecular formula is C18H20FN3S. The van der Waals surface area contributed by atoms with Gasteiger partial charge in [0.1, 0.15) is 22.3 Å². The van der Waals surface area contributed by atoms with Gasteiger partial charge in [-0.15, -0.1) is 11.3 Å². The van der Waals surface area contributed by atoms with Crippen molar-refractivity contribution in [2.45, 2.75) is 27.7 Å². The zero-order chi connectivity index (χ0) is 16.6. The minimum absolute atomic E-state index is 0.220. The molecule has 120 valence electrons. The molecule has 0 aliphatic heterocycles. The van der Waals surface area contributed by atoms with Crippen molar-refractivity contribution in [3.8, 4) is 11.1 Å². The molecule has 1 aromatic carbocycles. The van der Waals surface area contributed by atoms with E-state index in [4.69, 9.17) is 4.98 Å². The van der Waals surface area contributed by atoms with Crippen LogP contribution in [0.2, 0.25) is 0 Å². The average molecular weight is 329 g/mol. The smallest absolute Gasteiger partial charge is 0.141 e. The maximum atomic E-state index is 13.3. The Morgan fingerprint density at radius 3 is 2.30 bits per heavy atom. The molecule has 2 aromatic heterocycles. The fourth-order valence-corrected chi connectivity index (χ4v) is 4.00. The van der Waals surface area contributed by atoms with E-state index in [-0.39, 0.29) is 5.82 Å². The highest BCUT2D eigenvalue weighted by Crippen LogP contribution is 2.41. The first kappa shape index (κ1) is 15.9.